The molecule has 3 heteroatoms. The normalized spacial score (nSPS) is 23.4. The average Bonchev–Trinajstić information content (AvgIpc) is 3.37. The van der Waals surface area contributed by atoms with Gasteiger partial charge in [-0.25, -0.2) is 0 Å². The zero-order valence-corrected chi connectivity index (χ0v) is 30.2. The Balaban J connectivity index is 0.00000178. The second-order valence-corrected chi connectivity index (χ2v) is 16.1. The SMILES string of the molecule is CC(C)(C)C1=CC2C(=C1)C(C)(C)CC2(C)C1c2ccc(C(C)(C)C)cc2-c2cc(C(C)(C)C)ccc21.[Cl-].[Cl-].[Zr+2]. The van der Waals surface area contributed by atoms with Crippen molar-refractivity contribution in [3.8, 4) is 11.1 Å². The van der Waals surface area contributed by atoms with Crippen LogP contribution in [0.5, 0.6) is 0 Å². The fourth-order valence-electron chi connectivity index (χ4n) is 7.54. The monoisotopic (exact) mass is 640 g/mol. The maximum absolute atomic E-state index is 2.65. The van der Waals surface area contributed by atoms with E-state index in [2.05, 4.69) is 132 Å². The Kier molecular flexibility index (Phi) is 9.38. The van der Waals surface area contributed by atoms with Crippen molar-refractivity contribution < 1.29 is 51.0 Å². The van der Waals surface area contributed by atoms with Gasteiger partial charge in [-0.1, -0.05) is 137 Å². The first-order valence-corrected chi connectivity index (χ1v) is 14.1. The summed E-state index contributed by atoms with van der Waals surface area (Å²) in [5.74, 6) is 0.909. The van der Waals surface area contributed by atoms with Gasteiger partial charge in [0.15, 0.2) is 0 Å². The number of fused-ring (bicyclic) bond motifs is 4. The molecule has 0 N–H and O–H groups in total. The van der Waals surface area contributed by atoms with Gasteiger partial charge in [-0.3, -0.25) is 0 Å². The van der Waals surface area contributed by atoms with Gasteiger partial charge in [-0.15, -0.1) is 0 Å². The third-order valence-electron chi connectivity index (χ3n) is 9.58. The molecule has 0 aliphatic heterocycles. The Morgan fingerprint density at radius 3 is 1.49 bits per heavy atom. The van der Waals surface area contributed by atoms with E-state index in [1.807, 2.05) is 0 Å². The Morgan fingerprint density at radius 2 is 1.10 bits per heavy atom. The minimum absolute atomic E-state index is 0. The van der Waals surface area contributed by atoms with E-state index >= 15 is 0 Å². The number of allylic oxidation sites excluding steroid dienone is 4. The van der Waals surface area contributed by atoms with E-state index in [-0.39, 0.29) is 78.1 Å². The van der Waals surface area contributed by atoms with E-state index in [0.29, 0.717) is 11.8 Å². The molecule has 0 nitrogen and oxygen atoms in total. The number of halogens is 2. The standard InChI is InChI=1S/C36H48.2ClH.Zr/c1-32(2,3)22-13-15-25-27(17-22)28-18-23(33(4,5)6)14-16-26(28)31(25)36(12)21-35(10,11)29-19-24(20-30(29)36)34(7,8)9;;;/h13-20,30-31H,21H2,1-12H3;2*1H;/q;;;+2/p-2. The number of hydrogen-bond donors (Lipinski definition) is 0. The molecule has 3 aliphatic rings. The molecule has 5 rings (SSSR count). The molecule has 2 unspecified atom stereocenters. The Hall–Kier alpha value is -0.617. The van der Waals surface area contributed by atoms with E-state index < -0.39 is 0 Å². The van der Waals surface area contributed by atoms with Crippen molar-refractivity contribution in [3.05, 3.63) is 82.0 Å². The third kappa shape index (κ3) is 5.60. The first-order valence-electron chi connectivity index (χ1n) is 14.1. The molecule has 1 saturated carbocycles. The summed E-state index contributed by atoms with van der Waals surface area (Å²) in [6.45, 7) is 28.7. The second-order valence-electron chi connectivity index (χ2n) is 16.1. The first-order chi connectivity index (χ1) is 16.3. The number of benzene rings is 2. The molecular formula is C36H48Cl2Zr. The second kappa shape index (κ2) is 10.6. The van der Waals surface area contributed by atoms with Gasteiger partial charge in [-0.05, 0) is 72.4 Å². The van der Waals surface area contributed by atoms with Gasteiger partial charge in [0.1, 0.15) is 0 Å². The average molecular weight is 643 g/mol. The molecule has 0 radical (unpaired) electrons. The summed E-state index contributed by atoms with van der Waals surface area (Å²) in [5, 5.41) is 0. The van der Waals surface area contributed by atoms with Crippen LogP contribution in [-0.4, -0.2) is 0 Å². The van der Waals surface area contributed by atoms with Crippen LogP contribution in [0.15, 0.2) is 59.7 Å². The van der Waals surface area contributed by atoms with Gasteiger partial charge < -0.3 is 24.8 Å². The molecule has 0 saturated heterocycles. The topological polar surface area (TPSA) is 0 Å². The molecule has 2 aromatic carbocycles. The fraction of sp³-hybridized carbons (Fsp3) is 0.556. The van der Waals surface area contributed by atoms with Crippen molar-refractivity contribution in [3.63, 3.8) is 0 Å². The van der Waals surface area contributed by atoms with Crippen molar-refractivity contribution in [1.82, 2.24) is 0 Å². The molecular weight excluding hydrogens is 595 g/mol. The fourth-order valence-corrected chi connectivity index (χ4v) is 7.54. The third-order valence-corrected chi connectivity index (χ3v) is 9.58. The summed E-state index contributed by atoms with van der Waals surface area (Å²) in [7, 11) is 0. The molecule has 3 aliphatic carbocycles. The summed E-state index contributed by atoms with van der Waals surface area (Å²) < 4.78 is 0. The summed E-state index contributed by atoms with van der Waals surface area (Å²) in [6, 6.07) is 14.8. The number of rotatable bonds is 1. The number of hydrogen-bond acceptors (Lipinski definition) is 0. The van der Waals surface area contributed by atoms with Crippen molar-refractivity contribution in [2.24, 2.45) is 22.2 Å². The van der Waals surface area contributed by atoms with Crippen LogP contribution in [0, 0.1) is 22.2 Å². The van der Waals surface area contributed by atoms with Gasteiger partial charge in [-0.2, -0.15) is 0 Å². The molecule has 2 aromatic rings. The smallest absolute Gasteiger partial charge is 1.00 e. The molecule has 210 valence electrons. The van der Waals surface area contributed by atoms with E-state index in [0.717, 1.165) is 0 Å². The van der Waals surface area contributed by atoms with Crippen LogP contribution in [0.4, 0.5) is 0 Å². The molecule has 0 spiro atoms. The van der Waals surface area contributed by atoms with Gasteiger partial charge in [0.05, 0.1) is 0 Å². The van der Waals surface area contributed by atoms with Crippen LogP contribution in [0.25, 0.3) is 11.1 Å². The minimum atomic E-state index is 0. The van der Waals surface area contributed by atoms with E-state index in [4.69, 9.17) is 0 Å². The molecule has 1 fully saturated rings. The molecule has 39 heavy (non-hydrogen) atoms. The van der Waals surface area contributed by atoms with Crippen LogP contribution in [-0.2, 0) is 37.0 Å². The largest absolute Gasteiger partial charge is 2.00 e. The van der Waals surface area contributed by atoms with E-state index in [1.165, 1.54) is 34.2 Å². The summed E-state index contributed by atoms with van der Waals surface area (Å²) >= 11 is 0. The zero-order valence-electron chi connectivity index (χ0n) is 26.2. The van der Waals surface area contributed by atoms with Crippen molar-refractivity contribution >= 4 is 0 Å². The maximum atomic E-state index is 2.65. The predicted molar refractivity (Wildman–Crippen MR) is 157 cm³/mol. The van der Waals surface area contributed by atoms with Crippen molar-refractivity contribution in [2.75, 3.05) is 0 Å². The van der Waals surface area contributed by atoms with Gasteiger partial charge >= 0.3 is 26.2 Å². The Morgan fingerprint density at radius 1 is 0.667 bits per heavy atom. The van der Waals surface area contributed by atoms with Crippen LogP contribution in [0.2, 0.25) is 0 Å². The minimum Gasteiger partial charge on any atom is -1.00 e. The van der Waals surface area contributed by atoms with Crippen LogP contribution in [0.1, 0.15) is 118 Å². The van der Waals surface area contributed by atoms with Gasteiger partial charge in [0.2, 0.25) is 0 Å². The maximum Gasteiger partial charge on any atom is 2.00 e. The van der Waals surface area contributed by atoms with Gasteiger partial charge in [0, 0.05) is 11.8 Å². The summed E-state index contributed by atoms with van der Waals surface area (Å²) in [6.07, 6.45) is 6.43. The van der Waals surface area contributed by atoms with Crippen molar-refractivity contribution in [1.29, 1.82) is 0 Å². The van der Waals surface area contributed by atoms with Crippen LogP contribution in [0.3, 0.4) is 0 Å². The molecule has 0 aromatic heterocycles. The molecule has 0 heterocycles. The van der Waals surface area contributed by atoms with Crippen LogP contribution >= 0.6 is 0 Å². The van der Waals surface area contributed by atoms with Crippen molar-refractivity contribution in [2.45, 2.75) is 106 Å². The Bertz CT molecular complexity index is 1240. The zero-order chi connectivity index (χ0) is 26.6. The van der Waals surface area contributed by atoms with Crippen LogP contribution < -0.4 is 24.8 Å². The quantitative estimate of drug-likeness (QED) is 0.434. The molecule has 0 bridgehead atoms. The van der Waals surface area contributed by atoms with E-state index in [1.54, 1.807) is 16.7 Å². The Labute approximate surface area is 270 Å². The van der Waals surface area contributed by atoms with Gasteiger partial charge in [0.25, 0.3) is 0 Å². The molecule has 0 amide bonds. The summed E-state index contributed by atoms with van der Waals surface area (Å²) in [5.41, 5.74) is 12.9. The first kappa shape index (κ1) is 34.6. The summed E-state index contributed by atoms with van der Waals surface area (Å²) in [4.78, 5) is 0. The van der Waals surface area contributed by atoms with E-state index in [9.17, 15) is 0 Å². The predicted octanol–water partition coefficient (Wildman–Crippen LogP) is 4.36. The molecule has 2 atom stereocenters.